The third-order valence-electron chi connectivity index (χ3n) is 16.2. The van der Waals surface area contributed by atoms with Gasteiger partial charge in [-0.1, -0.05) is 351 Å². The molecule has 0 bridgehead atoms. The van der Waals surface area contributed by atoms with E-state index < -0.39 is 6.10 Å². The second-order valence-electron chi connectivity index (χ2n) is 24.5. The van der Waals surface area contributed by atoms with Gasteiger partial charge in [-0.15, -0.1) is 0 Å². The Morgan fingerprint density at radius 2 is 0.482 bits per heavy atom. The Morgan fingerprint density at radius 3 is 0.783 bits per heavy atom. The maximum atomic E-state index is 12.9. The second-order valence-corrected chi connectivity index (χ2v) is 24.5. The van der Waals surface area contributed by atoms with Crippen LogP contribution in [0.4, 0.5) is 0 Å². The Hall–Kier alpha value is -3.15. The van der Waals surface area contributed by atoms with Gasteiger partial charge in [-0.05, 0) is 83.5 Å². The van der Waals surface area contributed by atoms with Crippen molar-refractivity contribution < 1.29 is 28.6 Å². The molecule has 0 N–H and O–H groups in total. The van der Waals surface area contributed by atoms with Crippen LogP contribution in [0, 0.1) is 0 Å². The van der Waals surface area contributed by atoms with Gasteiger partial charge in [-0.2, -0.15) is 0 Å². The minimum atomic E-state index is -0.809. The zero-order chi connectivity index (χ0) is 59.9. The van der Waals surface area contributed by atoms with Crippen molar-refractivity contribution in [2.24, 2.45) is 0 Å². The maximum absolute atomic E-state index is 12.9. The van der Waals surface area contributed by atoms with Crippen molar-refractivity contribution in [3.63, 3.8) is 0 Å². The van der Waals surface area contributed by atoms with Crippen LogP contribution in [0.3, 0.4) is 0 Å². The number of unbranched alkanes of at least 4 members (excludes halogenated alkanes) is 44. The van der Waals surface area contributed by atoms with Gasteiger partial charge in [0.15, 0.2) is 6.10 Å². The summed E-state index contributed by atoms with van der Waals surface area (Å²) in [6, 6.07) is 0. The highest BCUT2D eigenvalue weighted by atomic mass is 16.6. The van der Waals surface area contributed by atoms with Gasteiger partial charge in [-0.25, -0.2) is 0 Å². The Kier molecular flexibility index (Phi) is 68.6. The number of hydrogen-bond acceptors (Lipinski definition) is 6. The molecular weight excluding hydrogens is 1020 g/mol. The predicted molar refractivity (Wildman–Crippen MR) is 362 cm³/mol. The van der Waals surface area contributed by atoms with Crippen molar-refractivity contribution in [1.82, 2.24) is 0 Å². The first-order valence-electron chi connectivity index (χ1n) is 36.4. The van der Waals surface area contributed by atoms with Gasteiger partial charge in [0.1, 0.15) is 13.2 Å². The van der Waals surface area contributed by atoms with Gasteiger partial charge in [0.05, 0.1) is 0 Å². The summed E-state index contributed by atoms with van der Waals surface area (Å²) in [5, 5.41) is 0. The first kappa shape index (κ1) is 79.8. The number of carbonyl (C=O) groups is 3. The van der Waals surface area contributed by atoms with Crippen molar-refractivity contribution >= 4 is 17.9 Å². The molecule has 0 radical (unpaired) electrons. The van der Waals surface area contributed by atoms with E-state index in [0.717, 1.165) is 83.5 Å². The lowest BCUT2D eigenvalue weighted by Gasteiger charge is -2.18. The van der Waals surface area contributed by atoms with Crippen LogP contribution in [0.15, 0.2) is 72.9 Å². The first-order valence-corrected chi connectivity index (χ1v) is 36.4. The number of esters is 3. The zero-order valence-electron chi connectivity index (χ0n) is 55.5. The smallest absolute Gasteiger partial charge is 0.306 e. The predicted octanol–water partition coefficient (Wildman–Crippen LogP) is 25.2. The molecule has 0 aliphatic carbocycles. The first-order chi connectivity index (χ1) is 41.0. The molecule has 1 unspecified atom stereocenters. The van der Waals surface area contributed by atoms with E-state index in [4.69, 9.17) is 14.2 Å². The van der Waals surface area contributed by atoms with Gasteiger partial charge in [-0.3, -0.25) is 14.4 Å². The molecule has 0 aliphatic rings. The second kappa shape index (κ2) is 71.3. The van der Waals surface area contributed by atoms with Crippen LogP contribution < -0.4 is 0 Å². The fourth-order valence-corrected chi connectivity index (χ4v) is 10.8. The number of ether oxygens (including phenoxy) is 3. The van der Waals surface area contributed by atoms with Crippen LogP contribution in [-0.4, -0.2) is 37.2 Å². The van der Waals surface area contributed by atoms with Crippen molar-refractivity contribution in [3.8, 4) is 0 Å². The van der Waals surface area contributed by atoms with Crippen LogP contribution >= 0.6 is 0 Å². The summed E-state index contributed by atoms with van der Waals surface area (Å²) < 4.78 is 16.9. The van der Waals surface area contributed by atoms with Crippen molar-refractivity contribution in [2.45, 2.75) is 386 Å². The third kappa shape index (κ3) is 69.5. The Bertz CT molecular complexity index is 1520. The van der Waals surface area contributed by atoms with E-state index in [1.165, 1.54) is 250 Å². The largest absolute Gasteiger partial charge is 0.462 e. The van der Waals surface area contributed by atoms with Crippen LogP contribution in [0.25, 0.3) is 0 Å². The van der Waals surface area contributed by atoms with Gasteiger partial charge in [0.2, 0.25) is 0 Å². The minimum Gasteiger partial charge on any atom is -0.462 e. The third-order valence-corrected chi connectivity index (χ3v) is 16.2. The standard InChI is InChI=1S/C77H138O6/c1-4-7-10-13-16-19-22-25-28-30-31-32-33-34-35-36-37-38-39-40-41-42-43-44-45-46-48-49-52-55-58-61-64-67-70-76(79)82-73-74(72-81-75(78)69-66-63-60-57-54-51-27-24-21-18-15-12-9-6-3)83-77(80)71-68-65-62-59-56-53-50-47-29-26-23-20-17-14-11-8-5-2/h8,11,17,20,24,26-27,29,50,53,59,62,74H,4-7,9-10,12-16,18-19,21-23,25,28,30-49,51-52,54-58,60-61,63-73H2,1-3H3/b11-8-,20-17-,27-24-,29-26-,53-50-,62-59-. The molecule has 0 aromatic carbocycles. The quantitative estimate of drug-likeness (QED) is 0.0261. The lowest BCUT2D eigenvalue weighted by molar-refractivity contribution is -0.167. The molecule has 0 saturated heterocycles. The summed E-state index contributed by atoms with van der Waals surface area (Å²) in [6.45, 7) is 6.52. The Balaban J connectivity index is 4.15. The molecule has 0 aromatic rings. The molecule has 0 heterocycles. The number of hydrogen-bond donors (Lipinski definition) is 0. The van der Waals surface area contributed by atoms with E-state index >= 15 is 0 Å². The van der Waals surface area contributed by atoms with Crippen molar-refractivity contribution in [2.75, 3.05) is 13.2 Å². The molecule has 0 fully saturated rings. The topological polar surface area (TPSA) is 78.9 Å². The summed E-state index contributed by atoms with van der Waals surface area (Å²) in [7, 11) is 0. The molecular formula is C77H138O6. The van der Waals surface area contributed by atoms with Crippen LogP contribution in [-0.2, 0) is 28.6 Å². The van der Waals surface area contributed by atoms with Crippen LogP contribution in [0.5, 0.6) is 0 Å². The van der Waals surface area contributed by atoms with Crippen LogP contribution in [0.1, 0.15) is 380 Å². The molecule has 0 aliphatic heterocycles. The molecule has 482 valence electrons. The molecule has 0 aromatic heterocycles. The highest BCUT2D eigenvalue weighted by molar-refractivity contribution is 5.71. The summed E-state index contributed by atoms with van der Waals surface area (Å²) in [4.78, 5) is 38.3. The van der Waals surface area contributed by atoms with Crippen molar-refractivity contribution in [3.05, 3.63) is 72.9 Å². The molecule has 0 saturated carbocycles. The Labute approximate surface area is 516 Å². The highest BCUT2D eigenvalue weighted by Gasteiger charge is 2.19. The van der Waals surface area contributed by atoms with E-state index in [9.17, 15) is 14.4 Å². The van der Waals surface area contributed by atoms with Crippen molar-refractivity contribution in [1.29, 1.82) is 0 Å². The van der Waals surface area contributed by atoms with Gasteiger partial charge < -0.3 is 14.2 Å². The summed E-state index contributed by atoms with van der Waals surface area (Å²) in [6.07, 6.45) is 94.0. The SMILES string of the molecule is CC/C=C\C/C=C\C/C=C\C/C=C\C/C=C\CCCC(=O)OC(COC(=O)CCCCCCC/C=C\CCCCCCC)COC(=O)CCCCCCCCCCCCCCCCCCCCCCCCCCCCCCCCCCCC. The van der Waals surface area contributed by atoms with Gasteiger partial charge >= 0.3 is 17.9 Å². The number of rotatable bonds is 67. The highest BCUT2D eigenvalue weighted by Crippen LogP contribution is 2.19. The fraction of sp³-hybridized carbons (Fsp3) is 0.805. The van der Waals surface area contributed by atoms with Gasteiger partial charge in [0.25, 0.3) is 0 Å². The molecule has 0 spiro atoms. The molecule has 0 amide bonds. The Morgan fingerprint density at radius 1 is 0.253 bits per heavy atom. The molecule has 0 rings (SSSR count). The monoisotopic (exact) mass is 1160 g/mol. The summed E-state index contributed by atoms with van der Waals surface area (Å²) in [5.74, 6) is -0.948. The minimum absolute atomic E-state index is 0.0976. The average Bonchev–Trinajstić information content (AvgIpc) is 3.49. The lowest BCUT2D eigenvalue weighted by atomic mass is 10.0. The number of carbonyl (C=O) groups excluding carboxylic acids is 3. The normalized spacial score (nSPS) is 12.5. The van der Waals surface area contributed by atoms with Crippen LogP contribution in [0.2, 0.25) is 0 Å². The van der Waals surface area contributed by atoms with E-state index in [1.54, 1.807) is 0 Å². The zero-order valence-corrected chi connectivity index (χ0v) is 55.5. The fourth-order valence-electron chi connectivity index (χ4n) is 10.8. The van der Waals surface area contributed by atoms with E-state index in [-0.39, 0.29) is 37.5 Å². The molecule has 83 heavy (non-hydrogen) atoms. The van der Waals surface area contributed by atoms with E-state index in [2.05, 4.69) is 93.7 Å². The molecule has 6 nitrogen and oxygen atoms in total. The maximum Gasteiger partial charge on any atom is 0.306 e. The molecule has 1 atom stereocenters. The van der Waals surface area contributed by atoms with Gasteiger partial charge in [0, 0.05) is 19.3 Å². The van der Waals surface area contributed by atoms with E-state index in [1.807, 2.05) is 0 Å². The lowest BCUT2D eigenvalue weighted by Crippen LogP contribution is -2.30. The summed E-state index contributed by atoms with van der Waals surface area (Å²) in [5.41, 5.74) is 0. The number of allylic oxidation sites excluding steroid dienone is 12. The molecule has 6 heteroatoms. The summed E-state index contributed by atoms with van der Waals surface area (Å²) >= 11 is 0. The average molecular weight is 1160 g/mol. The van der Waals surface area contributed by atoms with E-state index in [0.29, 0.717) is 19.3 Å².